The SMILES string of the molecule is CC(C(=O)NCCN1CCOCC1)N1c2cccc3cccc(c23)S1(=O)=O. The molecule has 1 N–H and O–H groups in total. The van der Waals surface area contributed by atoms with Crippen molar-refractivity contribution < 1.29 is 17.9 Å². The van der Waals surface area contributed by atoms with Gasteiger partial charge in [0.25, 0.3) is 10.0 Å². The molecule has 2 aromatic rings. The number of nitrogens with zero attached hydrogens (tertiary/aromatic N) is 2. The minimum Gasteiger partial charge on any atom is -0.379 e. The van der Waals surface area contributed by atoms with E-state index in [0.717, 1.165) is 25.0 Å². The van der Waals surface area contributed by atoms with Crippen molar-refractivity contribution in [1.82, 2.24) is 10.2 Å². The first-order valence-electron chi connectivity index (χ1n) is 9.14. The summed E-state index contributed by atoms with van der Waals surface area (Å²) in [7, 11) is -3.74. The van der Waals surface area contributed by atoms with Gasteiger partial charge >= 0.3 is 0 Å². The topological polar surface area (TPSA) is 79.0 Å². The molecule has 0 aliphatic carbocycles. The summed E-state index contributed by atoms with van der Waals surface area (Å²) in [4.78, 5) is 15.2. The number of sulfonamides is 1. The normalized spacial score (nSPS) is 20.0. The fourth-order valence-corrected chi connectivity index (χ4v) is 5.62. The predicted octanol–water partition coefficient (Wildman–Crippen LogP) is 1.19. The van der Waals surface area contributed by atoms with Crippen LogP contribution < -0.4 is 9.62 Å². The van der Waals surface area contributed by atoms with Crippen LogP contribution in [-0.4, -0.2) is 64.7 Å². The molecule has 0 saturated carbocycles. The van der Waals surface area contributed by atoms with Gasteiger partial charge in [0.2, 0.25) is 5.91 Å². The lowest BCUT2D eigenvalue weighted by Crippen LogP contribution is -2.48. The fourth-order valence-electron chi connectivity index (χ4n) is 3.75. The molecule has 2 aliphatic heterocycles. The summed E-state index contributed by atoms with van der Waals surface area (Å²) in [6, 6.07) is 9.85. The summed E-state index contributed by atoms with van der Waals surface area (Å²) >= 11 is 0. The van der Waals surface area contributed by atoms with Crippen LogP contribution >= 0.6 is 0 Å². The second-order valence-corrected chi connectivity index (χ2v) is 8.64. The smallest absolute Gasteiger partial charge is 0.265 e. The van der Waals surface area contributed by atoms with Crippen molar-refractivity contribution in [2.45, 2.75) is 17.9 Å². The Morgan fingerprint density at radius 2 is 1.89 bits per heavy atom. The second-order valence-electron chi connectivity index (χ2n) is 6.85. The van der Waals surface area contributed by atoms with Crippen LogP contribution in [0, 0.1) is 0 Å². The van der Waals surface area contributed by atoms with E-state index in [1.54, 1.807) is 25.1 Å². The molecule has 0 aromatic heterocycles. The molecule has 2 aliphatic rings. The minimum absolute atomic E-state index is 0.267. The van der Waals surface area contributed by atoms with Crippen LogP contribution in [0.5, 0.6) is 0 Å². The van der Waals surface area contributed by atoms with Crippen molar-refractivity contribution in [2.75, 3.05) is 43.7 Å². The van der Waals surface area contributed by atoms with Gasteiger partial charge in [0.1, 0.15) is 6.04 Å². The maximum absolute atomic E-state index is 13.1. The highest BCUT2D eigenvalue weighted by Crippen LogP contribution is 2.43. The number of hydrogen-bond acceptors (Lipinski definition) is 5. The van der Waals surface area contributed by atoms with Crippen molar-refractivity contribution in [3.63, 3.8) is 0 Å². The zero-order chi connectivity index (χ0) is 19.0. The minimum atomic E-state index is -3.74. The number of rotatable bonds is 5. The number of morpholine rings is 1. The maximum atomic E-state index is 13.1. The summed E-state index contributed by atoms with van der Waals surface area (Å²) in [5.74, 6) is -0.295. The van der Waals surface area contributed by atoms with Crippen molar-refractivity contribution in [2.24, 2.45) is 0 Å². The van der Waals surface area contributed by atoms with E-state index in [1.165, 1.54) is 4.31 Å². The average molecular weight is 389 g/mol. The largest absolute Gasteiger partial charge is 0.379 e. The third-order valence-corrected chi connectivity index (χ3v) is 7.11. The number of benzene rings is 2. The van der Waals surface area contributed by atoms with Crippen molar-refractivity contribution in [3.05, 3.63) is 36.4 Å². The Bertz CT molecular complexity index is 965. The second kappa shape index (κ2) is 7.10. The first-order valence-corrected chi connectivity index (χ1v) is 10.6. The Kier molecular flexibility index (Phi) is 4.79. The lowest BCUT2D eigenvalue weighted by atomic mass is 10.1. The van der Waals surface area contributed by atoms with Crippen molar-refractivity contribution in [1.29, 1.82) is 0 Å². The number of nitrogens with one attached hydrogen (secondary N) is 1. The lowest BCUT2D eigenvalue weighted by molar-refractivity contribution is -0.121. The van der Waals surface area contributed by atoms with E-state index in [2.05, 4.69) is 10.2 Å². The van der Waals surface area contributed by atoms with E-state index >= 15 is 0 Å². The van der Waals surface area contributed by atoms with Gasteiger partial charge in [-0.3, -0.25) is 14.0 Å². The molecule has 8 heteroatoms. The van der Waals surface area contributed by atoms with Gasteiger partial charge < -0.3 is 10.1 Å². The highest BCUT2D eigenvalue weighted by atomic mass is 32.2. The molecule has 1 amide bonds. The van der Waals surface area contributed by atoms with E-state index in [4.69, 9.17) is 4.74 Å². The van der Waals surface area contributed by atoms with Crippen LogP contribution in [0.2, 0.25) is 0 Å². The molecule has 1 fully saturated rings. The average Bonchev–Trinajstić information content (AvgIpc) is 2.91. The predicted molar refractivity (Wildman–Crippen MR) is 103 cm³/mol. The van der Waals surface area contributed by atoms with Crippen LogP contribution in [0.1, 0.15) is 6.92 Å². The van der Waals surface area contributed by atoms with Crippen LogP contribution in [0.25, 0.3) is 10.8 Å². The van der Waals surface area contributed by atoms with Gasteiger partial charge in [-0.1, -0.05) is 24.3 Å². The molecule has 0 radical (unpaired) electrons. The molecular formula is C19H23N3O4S. The zero-order valence-electron chi connectivity index (χ0n) is 15.2. The van der Waals surface area contributed by atoms with Gasteiger partial charge in [-0.15, -0.1) is 0 Å². The molecule has 0 spiro atoms. The van der Waals surface area contributed by atoms with Gasteiger partial charge in [0, 0.05) is 31.6 Å². The number of anilines is 1. The van der Waals surface area contributed by atoms with Crippen LogP contribution in [0.15, 0.2) is 41.3 Å². The van der Waals surface area contributed by atoms with E-state index < -0.39 is 16.1 Å². The van der Waals surface area contributed by atoms with E-state index in [0.29, 0.717) is 30.8 Å². The molecule has 2 heterocycles. The van der Waals surface area contributed by atoms with Crippen molar-refractivity contribution >= 4 is 32.4 Å². The van der Waals surface area contributed by atoms with E-state index in [-0.39, 0.29) is 10.8 Å². The summed E-state index contributed by atoms with van der Waals surface area (Å²) in [6.07, 6.45) is 0. The molecule has 1 unspecified atom stereocenters. The standard InChI is InChI=1S/C19H23N3O4S/c1-14(19(23)20-8-9-21-10-12-26-13-11-21)22-16-6-2-4-15-5-3-7-17(18(15)16)27(22,24)25/h2-7,14H,8-13H2,1H3,(H,20,23). The molecule has 2 aromatic carbocycles. The molecule has 144 valence electrons. The Hall–Kier alpha value is -2.16. The number of ether oxygens (including phenoxy) is 1. The van der Waals surface area contributed by atoms with Gasteiger partial charge in [-0.05, 0) is 24.4 Å². The first kappa shape index (κ1) is 18.2. The van der Waals surface area contributed by atoms with Gasteiger partial charge in [0.05, 0.1) is 23.8 Å². The lowest BCUT2D eigenvalue weighted by Gasteiger charge is -2.28. The van der Waals surface area contributed by atoms with Gasteiger partial charge in [-0.25, -0.2) is 8.42 Å². The monoisotopic (exact) mass is 389 g/mol. The van der Waals surface area contributed by atoms with Crippen molar-refractivity contribution in [3.8, 4) is 0 Å². The van der Waals surface area contributed by atoms with Crippen LogP contribution in [-0.2, 0) is 19.6 Å². The molecule has 1 atom stereocenters. The van der Waals surface area contributed by atoms with Gasteiger partial charge in [-0.2, -0.15) is 0 Å². The maximum Gasteiger partial charge on any atom is 0.265 e. The summed E-state index contributed by atoms with van der Waals surface area (Å²) in [5.41, 5.74) is 0.568. The Morgan fingerprint density at radius 3 is 2.63 bits per heavy atom. The number of carbonyl (C=O) groups is 1. The molecule has 0 bridgehead atoms. The third-order valence-electron chi connectivity index (χ3n) is 5.18. The molecule has 4 rings (SSSR count). The summed E-state index contributed by atoms with van der Waals surface area (Å²) in [5, 5.41) is 4.42. The highest BCUT2D eigenvalue weighted by Gasteiger charge is 2.40. The number of hydrogen-bond donors (Lipinski definition) is 1. The van der Waals surface area contributed by atoms with E-state index in [1.807, 2.05) is 18.2 Å². The van der Waals surface area contributed by atoms with Gasteiger partial charge in [0.15, 0.2) is 0 Å². The first-order chi connectivity index (χ1) is 13.0. The quantitative estimate of drug-likeness (QED) is 0.831. The molecule has 27 heavy (non-hydrogen) atoms. The fraction of sp³-hybridized carbons (Fsp3) is 0.421. The Morgan fingerprint density at radius 1 is 1.19 bits per heavy atom. The molecular weight excluding hydrogens is 366 g/mol. The molecule has 7 nitrogen and oxygen atoms in total. The summed E-state index contributed by atoms with van der Waals surface area (Å²) < 4.78 is 32.7. The highest BCUT2D eigenvalue weighted by molar-refractivity contribution is 7.93. The van der Waals surface area contributed by atoms with Crippen LogP contribution in [0.3, 0.4) is 0 Å². The third kappa shape index (κ3) is 3.18. The van der Waals surface area contributed by atoms with Crippen LogP contribution in [0.4, 0.5) is 5.69 Å². The molecule has 1 saturated heterocycles. The zero-order valence-corrected chi connectivity index (χ0v) is 16.0. The Labute approximate surface area is 158 Å². The Balaban J connectivity index is 1.51. The number of carbonyl (C=O) groups excluding carboxylic acids is 1. The number of amides is 1. The van der Waals surface area contributed by atoms with E-state index in [9.17, 15) is 13.2 Å². The summed E-state index contributed by atoms with van der Waals surface area (Å²) in [6.45, 7) is 5.95.